The van der Waals surface area contributed by atoms with E-state index in [9.17, 15) is 0 Å². The third-order valence-corrected chi connectivity index (χ3v) is 0. The van der Waals surface area contributed by atoms with Crippen molar-refractivity contribution in [3.8, 4) is 0 Å². The Kier molecular flexibility index (Phi) is 2290. The first-order valence-corrected chi connectivity index (χ1v) is 0. The average molecular weight is 215 g/mol. The Hall–Kier alpha value is 1.44. The molecule has 0 aromatic rings. The van der Waals surface area contributed by atoms with Crippen LogP contribution in [0.15, 0.2) is 0 Å². The molecule has 0 heterocycles. The van der Waals surface area contributed by atoms with Gasteiger partial charge in [0.25, 0.3) is 0 Å². The van der Waals surface area contributed by atoms with Crippen LogP contribution in [0.1, 0.15) is 0 Å². The molecule has 0 aliphatic heterocycles. The van der Waals surface area contributed by atoms with Crippen molar-refractivity contribution in [2.24, 2.45) is 0 Å². The zero-order valence-corrected chi connectivity index (χ0v) is 5.70. The van der Waals surface area contributed by atoms with E-state index in [0.717, 1.165) is 0 Å². The maximum atomic E-state index is 0. The van der Waals surface area contributed by atoms with E-state index in [1.54, 1.807) is 0 Å². The summed E-state index contributed by atoms with van der Waals surface area (Å²) in [5, 5.41) is 0. The van der Waals surface area contributed by atoms with Crippen LogP contribution in [0, 0.1) is 0 Å². The Morgan fingerprint density at radius 3 is 0.500 bits per heavy atom. The molecular weight excluding hydrogens is 215 g/mol. The van der Waals surface area contributed by atoms with Crippen molar-refractivity contribution in [1.82, 2.24) is 0 Å². The third kappa shape index (κ3) is 51.8. The first kappa shape index (κ1) is 149. The van der Waals surface area contributed by atoms with Gasteiger partial charge >= 0.3 is 51.2 Å². The molecule has 0 aliphatic rings. The van der Waals surface area contributed by atoms with Gasteiger partial charge in [-0.1, -0.05) is 0 Å². The Morgan fingerprint density at radius 1 is 0.500 bits per heavy atom. The first-order valence-electron chi connectivity index (χ1n) is 0. The van der Waals surface area contributed by atoms with Gasteiger partial charge < -0.3 is 16.4 Å². The second-order valence-corrected chi connectivity index (χ2v) is 0. The molecule has 0 aromatic heterocycles. The number of hydrogen-bond acceptors (Lipinski definition) is 0. The fourth-order valence-corrected chi connectivity index (χ4v) is 0. The molecule has 6 heavy (non-hydrogen) atoms. The number of rotatable bonds is 0. The molecule has 1 radical (unpaired) electrons. The van der Waals surface area contributed by atoms with E-state index in [4.69, 9.17) is 0 Å². The molecule has 0 fully saturated rings. The fourth-order valence-electron chi connectivity index (χ4n) is 0. The third-order valence-electron chi connectivity index (χ3n) is 0. The minimum Gasteiger partial charge on any atom is -2.00 e. The van der Waals surface area contributed by atoms with Crippen molar-refractivity contribution in [2.75, 3.05) is 0 Å². The van der Waals surface area contributed by atoms with Crippen LogP contribution in [0.3, 0.4) is 0 Å². The van der Waals surface area contributed by atoms with Gasteiger partial charge in [0.05, 0.1) is 0 Å². The minimum absolute atomic E-state index is 0. The van der Waals surface area contributed by atoms with E-state index in [-0.39, 0.29) is 67.6 Å². The molecule has 0 N–H and O–H groups in total. The Labute approximate surface area is 67.6 Å². The standard InChI is InChI=1S/2Fe.Mn.3O/q3*+2;3*-2. The summed E-state index contributed by atoms with van der Waals surface area (Å²) in [6.45, 7) is 0. The SMILES string of the molecule is [Fe+2].[Fe+2].[Mn+2].[O-2].[O-2].[O-2]. The van der Waals surface area contributed by atoms with Crippen LogP contribution in [0.4, 0.5) is 0 Å². The molecule has 0 amide bonds. The monoisotopic (exact) mass is 215 g/mol. The van der Waals surface area contributed by atoms with Crippen LogP contribution >= 0.6 is 0 Å². The summed E-state index contributed by atoms with van der Waals surface area (Å²) in [7, 11) is 0. The van der Waals surface area contributed by atoms with E-state index >= 15 is 0 Å². The van der Waals surface area contributed by atoms with E-state index in [1.165, 1.54) is 0 Å². The van der Waals surface area contributed by atoms with Crippen LogP contribution in [0.25, 0.3) is 0 Å². The molecule has 0 saturated carbocycles. The van der Waals surface area contributed by atoms with E-state index in [0.29, 0.717) is 0 Å². The van der Waals surface area contributed by atoms with Gasteiger partial charge in [-0.15, -0.1) is 0 Å². The Balaban J connectivity index is 0. The fraction of sp³-hybridized carbons (Fsp3) is 0. The van der Waals surface area contributed by atoms with Gasteiger partial charge in [-0.05, 0) is 0 Å². The summed E-state index contributed by atoms with van der Waals surface area (Å²) in [4.78, 5) is 0. The molecule has 0 bridgehead atoms. The van der Waals surface area contributed by atoms with Crippen molar-refractivity contribution in [2.45, 2.75) is 0 Å². The zero-order chi connectivity index (χ0) is 0. The first-order chi connectivity index (χ1) is 0. The Morgan fingerprint density at radius 2 is 0.500 bits per heavy atom. The van der Waals surface area contributed by atoms with Gasteiger partial charge in [-0.25, -0.2) is 0 Å². The van der Waals surface area contributed by atoms with E-state index in [1.807, 2.05) is 0 Å². The summed E-state index contributed by atoms with van der Waals surface area (Å²) in [6, 6.07) is 0. The van der Waals surface area contributed by atoms with Crippen LogP contribution in [0.5, 0.6) is 0 Å². The second-order valence-electron chi connectivity index (χ2n) is 0. The topological polar surface area (TPSA) is 85.5 Å². The summed E-state index contributed by atoms with van der Waals surface area (Å²) < 4.78 is 0. The quantitative estimate of drug-likeness (QED) is 0.493. The molecule has 0 aliphatic carbocycles. The summed E-state index contributed by atoms with van der Waals surface area (Å²) in [5.74, 6) is 0. The predicted octanol–water partition coefficient (Wildman–Crippen LogP) is -0.364. The maximum Gasteiger partial charge on any atom is 2.00 e. The maximum absolute atomic E-state index is 0. The van der Waals surface area contributed by atoms with Gasteiger partial charge in [-0.3, -0.25) is 0 Å². The molecule has 0 rings (SSSR count). The second kappa shape index (κ2) is 92.0. The smallest absolute Gasteiger partial charge is 2.00 e. The molecule has 3 nitrogen and oxygen atoms in total. The summed E-state index contributed by atoms with van der Waals surface area (Å²) in [5.41, 5.74) is 0. The van der Waals surface area contributed by atoms with Crippen molar-refractivity contribution in [3.05, 3.63) is 0 Å². The van der Waals surface area contributed by atoms with Crippen LogP contribution < -0.4 is 0 Å². The van der Waals surface area contributed by atoms with Crippen LogP contribution in [0.2, 0.25) is 0 Å². The molecule has 0 aromatic carbocycles. The van der Waals surface area contributed by atoms with Gasteiger partial charge in [-0.2, -0.15) is 0 Å². The van der Waals surface area contributed by atoms with Crippen LogP contribution in [-0.2, 0) is 67.6 Å². The molecule has 0 atom stereocenters. The zero-order valence-electron chi connectivity index (χ0n) is 2.31. The largest absolute Gasteiger partial charge is 2.00 e. The predicted molar refractivity (Wildman–Crippen MR) is 2.06 cm³/mol. The number of hydrogen-bond donors (Lipinski definition) is 0. The molecular formula is Fe2MnO3. The van der Waals surface area contributed by atoms with Gasteiger partial charge in [0.1, 0.15) is 0 Å². The molecule has 6 heteroatoms. The van der Waals surface area contributed by atoms with E-state index in [2.05, 4.69) is 0 Å². The van der Waals surface area contributed by atoms with Gasteiger partial charge in [0.2, 0.25) is 0 Å². The van der Waals surface area contributed by atoms with Crippen molar-refractivity contribution in [1.29, 1.82) is 0 Å². The summed E-state index contributed by atoms with van der Waals surface area (Å²) in [6.07, 6.45) is 0. The van der Waals surface area contributed by atoms with Crippen molar-refractivity contribution < 1.29 is 67.6 Å². The normalized spacial score (nSPS) is 0. The Bertz CT molecular complexity index is 8.75. The van der Waals surface area contributed by atoms with E-state index < -0.39 is 0 Å². The molecule has 41 valence electrons. The molecule has 0 unspecified atom stereocenters. The van der Waals surface area contributed by atoms with Crippen LogP contribution in [-0.4, -0.2) is 0 Å². The molecule has 0 spiro atoms. The van der Waals surface area contributed by atoms with Gasteiger partial charge in [0, 0.05) is 0 Å². The van der Waals surface area contributed by atoms with Crippen molar-refractivity contribution in [3.63, 3.8) is 0 Å². The average Bonchev–Trinajstić information content (AvgIpc) is 0. The minimum atomic E-state index is 0. The van der Waals surface area contributed by atoms with Crippen molar-refractivity contribution >= 4 is 0 Å². The molecule has 0 saturated heterocycles. The summed E-state index contributed by atoms with van der Waals surface area (Å²) >= 11 is 0. The van der Waals surface area contributed by atoms with Gasteiger partial charge in [0.15, 0.2) is 0 Å².